The quantitative estimate of drug-likeness (QED) is 0.667. The van der Waals surface area contributed by atoms with Gasteiger partial charge in [-0.05, 0) is 46.4 Å². The number of hydrogen-bond donors (Lipinski definition) is 0. The predicted molar refractivity (Wildman–Crippen MR) is 83.2 cm³/mol. The van der Waals surface area contributed by atoms with Crippen molar-refractivity contribution in [2.75, 3.05) is 7.11 Å². The van der Waals surface area contributed by atoms with Gasteiger partial charge in [-0.25, -0.2) is 0 Å². The van der Waals surface area contributed by atoms with E-state index in [-0.39, 0.29) is 10.8 Å². The van der Waals surface area contributed by atoms with Crippen LogP contribution in [0.15, 0.2) is 36.4 Å². The molecule has 0 aromatic heterocycles. The molecule has 2 heteroatoms. The molecule has 0 radical (unpaired) electrons. The molecule has 0 aliphatic heterocycles. The maximum Gasteiger partial charge on any atom is 0.119 e. The first-order valence-electron chi connectivity index (χ1n) is 6.61. The Morgan fingerprint density at radius 1 is 1.05 bits per heavy atom. The molecular weight excluding hydrogens is 256 g/mol. The predicted octanol–water partition coefficient (Wildman–Crippen LogP) is 5.56. The molecule has 0 saturated heterocycles. The summed E-state index contributed by atoms with van der Waals surface area (Å²) in [5.74, 6) is 0.886. The summed E-state index contributed by atoms with van der Waals surface area (Å²) >= 11 is 6.53. The van der Waals surface area contributed by atoms with E-state index in [2.05, 4.69) is 45.0 Å². The number of hydrogen-bond acceptors (Lipinski definition) is 1. The second kappa shape index (κ2) is 5.42. The van der Waals surface area contributed by atoms with Gasteiger partial charge in [-0.15, -0.1) is 11.6 Å². The number of alkyl halides is 1. The summed E-state index contributed by atoms with van der Waals surface area (Å²) < 4.78 is 5.24. The smallest absolute Gasteiger partial charge is 0.119 e. The molecule has 0 heterocycles. The van der Waals surface area contributed by atoms with Crippen LogP contribution < -0.4 is 4.74 Å². The minimum atomic E-state index is 0.0616. The topological polar surface area (TPSA) is 9.23 Å². The van der Waals surface area contributed by atoms with Gasteiger partial charge in [-0.2, -0.15) is 0 Å². The minimum Gasteiger partial charge on any atom is -0.497 e. The SMILES string of the molecule is COc1ccc2cc(C(Cl)CC(C)(C)C)ccc2c1. The van der Waals surface area contributed by atoms with Crippen LogP contribution in [0.4, 0.5) is 0 Å². The highest BCUT2D eigenvalue weighted by Gasteiger charge is 2.18. The van der Waals surface area contributed by atoms with E-state index in [0.717, 1.165) is 12.2 Å². The fraction of sp³-hybridized carbons (Fsp3) is 0.412. The van der Waals surface area contributed by atoms with Crippen LogP contribution in [-0.4, -0.2) is 7.11 Å². The lowest BCUT2D eigenvalue weighted by Crippen LogP contribution is -2.08. The Balaban J connectivity index is 2.31. The molecule has 19 heavy (non-hydrogen) atoms. The van der Waals surface area contributed by atoms with Crippen molar-refractivity contribution in [3.63, 3.8) is 0 Å². The summed E-state index contributed by atoms with van der Waals surface area (Å²) in [6.07, 6.45) is 0.968. The number of fused-ring (bicyclic) bond motifs is 1. The molecule has 0 N–H and O–H groups in total. The van der Waals surface area contributed by atoms with Crippen molar-refractivity contribution < 1.29 is 4.74 Å². The summed E-state index contributed by atoms with van der Waals surface area (Å²) in [7, 11) is 1.69. The molecule has 1 atom stereocenters. The van der Waals surface area contributed by atoms with Crippen molar-refractivity contribution in [1.29, 1.82) is 0 Å². The molecule has 0 amide bonds. The fourth-order valence-corrected chi connectivity index (χ4v) is 2.82. The third-order valence-electron chi connectivity index (χ3n) is 3.22. The summed E-state index contributed by atoms with van der Waals surface area (Å²) in [5.41, 5.74) is 1.43. The van der Waals surface area contributed by atoms with Crippen LogP contribution in [0.5, 0.6) is 5.75 Å². The molecule has 0 aliphatic rings. The average molecular weight is 277 g/mol. The van der Waals surface area contributed by atoms with Gasteiger partial charge in [0.05, 0.1) is 12.5 Å². The first kappa shape index (κ1) is 14.2. The lowest BCUT2D eigenvalue weighted by Gasteiger charge is -2.22. The highest BCUT2D eigenvalue weighted by atomic mass is 35.5. The van der Waals surface area contributed by atoms with Gasteiger partial charge in [0.2, 0.25) is 0 Å². The van der Waals surface area contributed by atoms with Crippen molar-refractivity contribution >= 4 is 22.4 Å². The normalized spacial score (nSPS) is 13.5. The highest BCUT2D eigenvalue weighted by molar-refractivity contribution is 6.21. The van der Waals surface area contributed by atoms with Gasteiger partial charge in [-0.1, -0.05) is 39.0 Å². The maximum atomic E-state index is 6.53. The van der Waals surface area contributed by atoms with Crippen LogP contribution in [0, 0.1) is 5.41 Å². The van der Waals surface area contributed by atoms with Gasteiger partial charge in [0.25, 0.3) is 0 Å². The van der Waals surface area contributed by atoms with Crippen LogP contribution in [0.2, 0.25) is 0 Å². The number of benzene rings is 2. The van der Waals surface area contributed by atoms with Gasteiger partial charge in [-0.3, -0.25) is 0 Å². The van der Waals surface area contributed by atoms with E-state index in [1.165, 1.54) is 16.3 Å². The summed E-state index contributed by atoms with van der Waals surface area (Å²) in [4.78, 5) is 0. The zero-order chi connectivity index (χ0) is 14.0. The third kappa shape index (κ3) is 3.63. The van der Waals surface area contributed by atoms with E-state index in [0.29, 0.717) is 0 Å². The van der Waals surface area contributed by atoms with E-state index in [1.54, 1.807) is 7.11 Å². The van der Waals surface area contributed by atoms with Gasteiger partial charge in [0.15, 0.2) is 0 Å². The van der Waals surface area contributed by atoms with Crippen molar-refractivity contribution in [3.05, 3.63) is 42.0 Å². The first-order chi connectivity index (χ1) is 8.89. The Morgan fingerprint density at radius 2 is 1.68 bits per heavy atom. The molecule has 0 fully saturated rings. The van der Waals surface area contributed by atoms with Crippen molar-refractivity contribution in [3.8, 4) is 5.75 Å². The van der Waals surface area contributed by atoms with Gasteiger partial charge < -0.3 is 4.74 Å². The number of halogens is 1. The first-order valence-corrected chi connectivity index (χ1v) is 7.04. The molecule has 102 valence electrons. The van der Waals surface area contributed by atoms with Crippen LogP contribution in [0.25, 0.3) is 10.8 Å². The van der Waals surface area contributed by atoms with E-state index < -0.39 is 0 Å². The van der Waals surface area contributed by atoms with Gasteiger partial charge in [0, 0.05) is 0 Å². The molecular formula is C17H21ClO. The highest BCUT2D eigenvalue weighted by Crippen LogP contribution is 2.35. The van der Waals surface area contributed by atoms with Crippen LogP contribution in [0.3, 0.4) is 0 Å². The Bertz CT molecular complexity index is 569. The Kier molecular flexibility index (Phi) is 4.05. The molecule has 2 aromatic carbocycles. The van der Waals surface area contributed by atoms with Gasteiger partial charge >= 0.3 is 0 Å². The van der Waals surface area contributed by atoms with E-state index in [9.17, 15) is 0 Å². The molecule has 0 saturated carbocycles. The lowest BCUT2D eigenvalue weighted by molar-refractivity contribution is 0.372. The number of methoxy groups -OCH3 is 1. The van der Waals surface area contributed by atoms with Crippen molar-refractivity contribution in [1.82, 2.24) is 0 Å². The van der Waals surface area contributed by atoms with Gasteiger partial charge in [0.1, 0.15) is 5.75 Å². The summed E-state index contributed by atoms with van der Waals surface area (Å²) in [5, 5.41) is 2.45. The fourth-order valence-electron chi connectivity index (χ4n) is 2.22. The largest absolute Gasteiger partial charge is 0.497 e. The molecule has 0 spiro atoms. The molecule has 1 unspecified atom stereocenters. The van der Waals surface area contributed by atoms with Crippen LogP contribution in [-0.2, 0) is 0 Å². The standard InChI is InChI=1S/C17H21ClO/c1-17(2,3)11-16(18)14-6-5-13-10-15(19-4)8-7-12(13)9-14/h5-10,16H,11H2,1-4H3. The molecule has 2 rings (SSSR count). The van der Waals surface area contributed by atoms with Crippen molar-refractivity contribution in [2.24, 2.45) is 5.41 Å². The van der Waals surface area contributed by atoms with E-state index in [4.69, 9.17) is 16.3 Å². The maximum absolute atomic E-state index is 6.53. The third-order valence-corrected chi connectivity index (χ3v) is 3.63. The number of rotatable bonds is 3. The van der Waals surface area contributed by atoms with Crippen molar-refractivity contribution in [2.45, 2.75) is 32.6 Å². The zero-order valence-corrected chi connectivity index (χ0v) is 12.8. The lowest BCUT2D eigenvalue weighted by atomic mass is 9.88. The minimum absolute atomic E-state index is 0.0616. The monoisotopic (exact) mass is 276 g/mol. The second-order valence-electron chi connectivity index (χ2n) is 6.20. The zero-order valence-electron chi connectivity index (χ0n) is 12.0. The molecule has 0 bridgehead atoms. The summed E-state index contributed by atoms with van der Waals surface area (Å²) in [6, 6.07) is 12.5. The summed E-state index contributed by atoms with van der Waals surface area (Å²) in [6.45, 7) is 6.65. The Hall–Kier alpha value is -1.21. The molecule has 1 nitrogen and oxygen atoms in total. The Morgan fingerprint density at radius 3 is 2.32 bits per heavy atom. The number of ether oxygens (including phenoxy) is 1. The molecule has 2 aromatic rings. The molecule has 0 aliphatic carbocycles. The Labute approximate surface area is 120 Å². The van der Waals surface area contributed by atoms with Crippen LogP contribution in [0.1, 0.15) is 38.1 Å². The second-order valence-corrected chi connectivity index (χ2v) is 6.73. The van der Waals surface area contributed by atoms with Crippen LogP contribution >= 0.6 is 11.6 Å². The van der Waals surface area contributed by atoms with E-state index >= 15 is 0 Å². The van der Waals surface area contributed by atoms with E-state index in [1.807, 2.05) is 12.1 Å². The average Bonchev–Trinajstić information content (AvgIpc) is 2.35.